The lowest BCUT2D eigenvalue weighted by Gasteiger charge is -1.93. The van der Waals surface area contributed by atoms with Crippen molar-refractivity contribution in [1.82, 2.24) is 19.1 Å². The molecule has 0 spiro atoms. The van der Waals surface area contributed by atoms with Crippen molar-refractivity contribution < 1.29 is 4.92 Å². The zero-order valence-corrected chi connectivity index (χ0v) is 7.36. The first-order valence-electron chi connectivity index (χ1n) is 3.84. The van der Waals surface area contributed by atoms with Crippen LogP contribution in [0.5, 0.6) is 0 Å². The third-order valence-electron chi connectivity index (χ3n) is 1.76. The van der Waals surface area contributed by atoms with Crippen molar-refractivity contribution in [1.29, 1.82) is 0 Å². The maximum Gasteiger partial charge on any atom is 0.384 e. The third kappa shape index (κ3) is 1.24. The first kappa shape index (κ1) is 8.42. The standard InChI is InChI=1S/C7H7N5O2/c1-10-4-6(12(13)14)9-7(10)11-3-2-8-5-11/h2-5H,1H3. The van der Waals surface area contributed by atoms with Crippen LogP contribution in [0.25, 0.3) is 5.95 Å². The number of aromatic nitrogens is 4. The summed E-state index contributed by atoms with van der Waals surface area (Å²) in [7, 11) is 1.69. The van der Waals surface area contributed by atoms with Crippen LogP contribution in [0.3, 0.4) is 0 Å². The number of nitro groups is 1. The van der Waals surface area contributed by atoms with E-state index in [1.165, 1.54) is 12.5 Å². The van der Waals surface area contributed by atoms with Gasteiger partial charge in [-0.25, -0.2) is 4.98 Å². The Kier molecular flexibility index (Phi) is 1.77. The summed E-state index contributed by atoms with van der Waals surface area (Å²) in [5.74, 6) is 0.297. The zero-order valence-electron chi connectivity index (χ0n) is 7.36. The van der Waals surface area contributed by atoms with Gasteiger partial charge in [-0.15, -0.1) is 0 Å². The molecule has 0 atom stereocenters. The van der Waals surface area contributed by atoms with Crippen LogP contribution in [0, 0.1) is 10.1 Å². The molecule has 0 radical (unpaired) electrons. The van der Waals surface area contributed by atoms with Crippen LogP contribution in [-0.4, -0.2) is 24.0 Å². The molecular weight excluding hydrogens is 186 g/mol. The summed E-state index contributed by atoms with van der Waals surface area (Å²) in [5, 5.41) is 10.4. The summed E-state index contributed by atoms with van der Waals surface area (Å²) in [4.78, 5) is 17.6. The number of imidazole rings is 2. The monoisotopic (exact) mass is 193 g/mol. The molecule has 0 aliphatic carbocycles. The van der Waals surface area contributed by atoms with Gasteiger partial charge >= 0.3 is 11.8 Å². The van der Waals surface area contributed by atoms with Crippen molar-refractivity contribution in [3.8, 4) is 5.95 Å². The van der Waals surface area contributed by atoms with E-state index >= 15 is 0 Å². The van der Waals surface area contributed by atoms with Gasteiger partial charge in [-0.05, 0) is 4.92 Å². The van der Waals surface area contributed by atoms with Gasteiger partial charge in [0, 0.05) is 24.4 Å². The van der Waals surface area contributed by atoms with E-state index in [-0.39, 0.29) is 5.82 Å². The predicted octanol–water partition coefficient (Wildman–Crippen LogP) is 0.514. The SMILES string of the molecule is Cn1cc([N+](=O)[O-])nc1-n1ccnc1. The lowest BCUT2D eigenvalue weighted by molar-refractivity contribution is -0.389. The van der Waals surface area contributed by atoms with Crippen LogP contribution in [0.4, 0.5) is 5.82 Å². The highest BCUT2D eigenvalue weighted by molar-refractivity contribution is 5.25. The maximum atomic E-state index is 10.4. The minimum Gasteiger partial charge on any atom is -0.358 e. The summed E-state index contributed by atoms with van der Waals surface area (Å²) in [5.41, 5.74) is 0. The third-order valence-corrected chi connectivity index (χ3v) is 1.76. The van der Waals surface area contributed by atoms with Gasteiger partial charge in [-0.3, -0.25) is 9.13 Å². The van der Waals surface area contributed by atoms with Crippen molar-refractivity contribution in [2.75, 3.05) is 0 Å². The van der Waals surface area contributed by atoms with Gasteiger partial charge in [-0.1, -0.05) is 0 Å². The molecule has 7 nitrogen and oxygen atoms in total. The summed E-state index contributed by atoms with van der Waals surface area (Å²) < 4.78 is 3.17. The van der Waals surface area contributed by atoms with Crippen LogP contribution >= 0.6 is 0 Å². The maximum absolute atomic E-state index is 10.4. The summed E-state index contributed by atoms with van der Waals surface area (Å²) in [6.07, 6.45) is 6.15. The molecule has 2 aromatic rings. The molecule has 0 saturated carbocycles. The molecule has 0 aliphatic rings. The van der Waals surface area contributed by atoms with E-state index in [2.05, 4.69) is 9.97 Å². The summed E-state index contributed by atoms with van der Waals surface area (Å²) in [6, 6.07) is 0. The second-order valence-electron chi connectivity index (χ2n) is 2.74. The van der Waals surface area contributed by atoms with E-state index in [1.807, 2.05) is 0 Å². The Hall–Kier alpha value is -2.18. The second-order valence-corrected chi connectivity index (χ2v) is 2.74. The first-order valence-corrected chi connectivity index (χ1v) is 3.84. The van der Waals surface area contributed by atoms with Gasteiger partial charge in [0.25, 0.3) is 0 Å². The van der Waals surface area contributed by atoms with Gasteiger partial charge in [0.05, 0.1) is 0 Å². The zero-order chi connectivity index (χ0) is 10.1. The second kappa shape index (κ2) is 2.95. The van der Waals surface area contributed by atoms with Crippen LogP contribution in [0.1, 0.15) is 0 Å². The van der Waals surface area contributed by atoms with E-state index < -0.39 is 4.92 Å². The molecule has 0 saturated heterocycles. The molecule has 0 unspecified atom stereocenters. The van der Waals surface area contributed by atoms with Gasteiger partial charge in [0.1, 0.15) is 12.5 Å². The highest BCUT2D eigenvalue weighted by Crippen LogP contribution is 2.12. The van der Waals surface area contributed by atoms with E-state index in [4.69, 9.17) is 0 Å². The minimum absolute atomic E-state index is 0.170. The highest BCUT2D eigenvalue weighted by Gasteiger charge is 2.17. The number of rotatable bonds is 2. The van der Waals surface area contributed by atoms with E-state index in [0.29, 0.717) is 5.95 Å². The van der Waals surface area contributed by atoms with Crippen molar-refractivity contribution >= 4 is 5.82 Å². The summed E-state index contributed by atoms with van der Waals surface area (Å²) >= 11 is 0. The molecule has 0 aliphatic heterocycles. The lowest BCUT2D eigenvalue weighted by atomic mass is 10.8. The lowest BCUT2D eigenvalue weighted by Crippen LogP contribution is -1.99. The molecule has 72 valence electrons. The summed E-state index contributed by atoms with van der Waals surface area (Å²) in [6.45, 7) is 0. The highest BCUT2D eigenvalue weighted by atomic mass is 16.6. The van der Waals surface area contributed by atoms with Gasteiger partial charge in [0.2, 0.25) is 0 Å². The van der Waals surface area contributed by atoms with Crippen molar-refractivity contribution in [3.63, 3.8) is 0 Å². The van der Waals surface area contributed by atoms with Crippen LogP contribution in [0.15, 0.2) is 24.9 Å². The Labute approximate surface area is 78.8 Å². The van der Waals surface area contributed by atoms with Crippen molar-refractivity contribution in [2.45, 2.75) is 0 Å². The fraction of sp³-hybridized carbons (Fsp3) is 0.143. The van der Waals surface area contributed by atoms with Crippen molar-refractivity contribution in [2.24, 2.45) is 7.05 Å². The van der Waals surface area contributed by atoms with Gasteiger partial charge < -0.3 is 10.1 Å². The molecule has 0 N–H and O–H groups in total. The van der Waals surface area contributed by atoms with Crippen LogP contribution in [0.2, 0.25) is 0 Å². The molecule has 0 bridgehead atoms. The molecule has 7 heteroatoms. The Morgan fingerprint density at radius 1 is 1.57 bits per heavy atom. The molecule has 0 aromatic carbocycles. The normalized spacial score (nSPS) is 10.4. The molecule has 14 heavy (non-hydrogen) atoms. The van der Waals surface area contributed by atoms with Crippen LogP contribution in [-0.2, 0) is 7.05 Å². The first-order chi connectivity index (χ1) is 6.68. The molecule has 0 amide bonds. The van der Waals surface area contributed by atoms with E-state index in [1.54, 1.807) is 28.6 Å². The fourth-order valence-corrected chi connectivity index (χ4v) is 1.15. The van der Waals surface area contributed by atoms with E-state index in [0.717, 1.165) is 0 Å². The predicted molar refractivity (Wildman–Crippen MR) is 47.0 cm³/mol. The Morgan fingerprint density at radius 3 is 2.86 bits per heavy atom. The largest absolute Gasteiger partial charge is 0.384 e. The number of nitrogens with zero attached hydrogens (tertiary/aromatic N) is 5. The van der Waals surface area contributed by atoms with Crippen LogP contribution < -0.4 is 0 Å². The number of hydrogen-bond acceptors (Lipinski definition) is 4. The molecule has 2 aromatic heterocycles. The molecule has 0 fully saturated rings. The minimum atomic E-state index is -0.527. The van der Waals surface area contributed by atoms with Crippen molar-refractivity contribution in [3.05, 3.63) is 35.0 Å². The topological polar surface area (TPSA) is 78.8 Å². The molecule has 2 rings (SSSR count). The average molecular weight is 193 g/mol. The quantitative estimate of drug-likeness (QED) is 0.514. The molecule has 2 heterocycles. The average Bonchev–Trinajstić information content (AvgIpc) is 2.71. The smallest absolute Gasteiger partial charge is 0.358 e. The van der Waals surface area contributed by atoms with E-state index in [9.17, 15) is 10.1 Å². The fourth-order valence-electron chi connectivity index (χ4n) is 1.15. The van der Waals surface area contributed by atoms with Gasteiger partial charge in [-0.2, -0.15) is 0 Å². The Bertz CT molecular complexity index is 458. The Morgan fingerprint density at radius 2 is 2.36 bits per heavy atom. The van der Waals surface area contributed by atoms with Gasteiger partial charge in [0.15, 0.2) is 0 Å². The number of aryl methyl sites for hydroxylation is 1. The molecular formula is C7H7N5O2. The Balaban J connectivity index is 2.50. The number of hydrogen-bond donors (Lipinski definition) is 0.